The molecule has 1 heterocycles. The van der Waals surface area contributed by atoms with Crippen molar-refractivity contribution >= 4 is 35.0 Å². The van der Waals surface area contributed by atoms with Crippen molar-refractivity contribution in [2.75, 3.05) is 12.4 Å². The monoisotopic (exact) mass is 402 g/mol. The third kappa shape index (κ3) is 5.28. The molecule has 0 aliphatic rings. The number of amides is 1. The quantitative estimate of drug-likeness (QED) is 0.583. The van der Waals surface area contributed by atoms with Gasteiger partial charge in [-0.2, -0.15) is 0 Å². The SMILES string of the molecule is COc1ccc(NC(=O)[C@H](C)SCc2cc(-c3ccc(Cl)cc3)no2)cc1. The number of carbonyl (C=O) groups excluding carboxylic acids is 1. The lowest BCUT2D eigenvalue weighted by Crippen LogP contribution is -2.22. The number of halogens is 1. The van der Waals surface area contributed by atoms with Crippen LogP contribution in [0.25, 0.3) is 11.3 Å². The highest BCUT2D eigenvalue weighted by molar-refractivity contribution is 7.99. The molecule has 1 aromatic heterocycles. The molecule has 0 fully saturated rings. The molecule has 0 saturated carbocycles. The lowest BCUT2D eigenvalue weighted by atomic mass is 10.1. The smallest absolute Gasteiger partial charge is 0.237 e. The van der Waals surface area contributed by atoms with Crippen LogP contribution in [0.5, 0.6) is 5.75 Å². The van der Waals surface area contributed by atoms with Crippen LogP contribution in [-0.2, 0) is 10.5 Å². The summed E-state index contributed by atoms with van der Waals surface area (Å²) in [6, 6.07) is 16.5. The standard InChI is InChI=1S/C20H19ClN2O3S/c1-13(20(24)22-16-7-9-17(25-2)10-8-16)27-12-18-11-19(23-26-18)14-3-5-15(21)6-4-14/h3-11,13H,12H2,1-2H3,(H,22,24)/t13-/m0/s1. The van der Waals surface area contributed by atoms with Crippen LogP contribution >= 0.6 is 23.4 Å². The number of carbonyl (C=O) groups is 1. The normalized spacial score (nSPS) is 11.8. The lowest BCUT2D eigenvalue weighted by molar-refractivity contribution is -0.115. The Morgan fingerprint density at radius 1 is 1.22 bits per heavy atom. The van der Waals surface area contributed by atoms with Crippen LogP contribution in [-0.4, -0.2) is 23.4 Å². The number of thioether (sulfide) groups is 1. The number of nitrogens with one attached hydrogen (secondary N) is 1. The molecule has 0 aliphatic carbocycles. The number of rotatable bonds is 7. The number of nitrogens with zero attached hydrogens (tertiary/aromatic N) is 1. The van der Waals surface area contributed by atoms with Crippen LogP contribution in [0.2, 0.25) is 5.02 Å². The molecular weight excluding hydrogens is 384 g/mol. The number of methoxy groups -OCH3 is 1. The van der Waals surface area contributed by atoms with Crippen LogP contribution in [0, 0.1) is 0 Å². The van der Waals surface area contributed by atoms with Crippen LogP contribution < -0.4 is 10.1 Å². The van der Waals surface area contributed by atoms with Gasteiger partial charge >= 0.3 is 0 Å². The van der Waals surface area contributed by atoms with Gasteiger partial charge in [-0.15, -0.1) is 11.8 Å². The lowest BCUT2D eigenvalue weighted by Gasteiger charge is -2.11. The van der Waals surface area contributed by atoms with Gasteiger partial charge in [-0.25, -0.2) is 0 Å². The number of benzene rings is 2. The Morgan fingerprint density at radius 3 is 2.59 bits per heavy atom. The van der Waals surface area contributed by atoms with Gasteiger partial charge < -0.3 is 14.6 Å². The van der Waals surface area contributed by atoms with E-state index in [4.69, 9.17) is 20.9 Å². The predicted octanol–water partition coefficient (Wildman–Crippen LogP) is 5.26. The maximum atomic E-state index is 12.3. The first-order valence-corrected chi connectivity index (χ1v) is 9.76. The molecule has 0 radical (unpaired) electrons. The zero-order valence-electron chi connectivity index (χ0n) is 14.9. The third-order valence-corrected chi connectivity index (χ3v) is 5.32. The molecule has 3 rings (SSSR count). The minimum atomic E-state index is -0.240. The molecule has 3 aromatic rings. The van der Waals surface area contributed by atoms with E-state index in [0.717, 1.165) is 22.7 Å². The predicted molar refractivity (Wildman–Crippen MR) is 109 cm³/mol. The Kier molecular flexibility index (Phi) is 6.42. The number of aromatic nitrogens is 1. The molecule has 0 saturated heterocycles. The number of ether oxygens (including phenoxy) is 1. The van der Waals surface area contributed by atoms with Gasteiger partial charge in [0.25, 0.3) is 0 Å². The van der Waals surface area contributed by atoms with Gasteiger partial charge in [-0.05, 0) is 43.3 Å². The molecule has 1 amide bonds. The summed E-state index contributed by atoms with van der Waals surface area (Å²) in [4.78, 5) is 12.3. The van der Waals surface area contributed by atoms with Crippen LogP contribution in [0.15, 0.2) is 59.1 Å². The minimum absolute atomic E-state index is 0.0670. The topological polar surface area (TPSA) is 64.4 Å². The van der Waals surface area contributed by atoms with E-state index >= 15 is 0 Å². The third-order valence-electron chi connectivity index (χ3n) is 3.90. The molecule has 0 bridgehead atoms. The molecule has 0 aliphatic heterocycles. The Hall–Kier alpha value is -2.44. The van der Waals surface area contributed by atoms with Gasteiger partial charge in [-0.1, -0.05) is 28.9 Å². The van der Waals surface area contributed by atoms with Gasteiger partial charge in [0, 0.05) is 22.3 Å². The first kappa shape index (κ1) is 19.3. The highest BCUT2D eigenvalue weighted by Gasteiger charge is 2.15. The van der Waals surface area contributed by atoms with Crippen LogP contribution in [0.1, 0.15) is 12.7 Å². The summed E-state index contributed by atoms with van der Waals surface area (Å²) in [6.45, 7) is 1.86. The maximum absolute atomic E-state index is 12.3. The molecule has 7 heteroatoms. The van der Waals surface area contributed by atoms with Crippen molar-refractivity contribution in [3.05, 3.63) is 65.4 Å². The van der Waals surface area contributed by atoms with E-state index in [1.54, 1.807) is 19.2 Å². The summed E-state index contributed by atoms with van der Waals surface area (Å²) < 4.78 is 10.5. The highest BCUT2D eigenvalue weighted by Crippen LogP contribution is 2.25. The fourth-order valence-electron chi connectivity index (χ4n) is 2.34. The second kappa shape index (κ2) is 8.97. The summed E-state index contributed by atoms with van der Waals surface area (Å²) in [5, 5.41) is 7.41. The molecule has 0 unspecified atom stereocenters. The van der Waals surface area contributed by atoms with Gasteiger partial charge in [-0.3, -0.25) is 4.79 Å². The molecule has 1 atom stereocenters. The number of anilines is 1. The fraction of sp³-hybridized carbons (Fsp3) is 0.200. The molecular formula is C20H19ClN2O3S. The highest BCUT2D eigenvalue weighted by atomic mass is 35.5. The van der Waals surface area contributed by atoms with Crippen LogP contribution in [0.3, 0.4) is 0 Å². The van der Waals surface area contributed by atoms with E-state index in [9.17, 15) is 4.79 Å². The summed E-state index contributed by atoms with van der Waals surface area (Å²) in [6.07, 6.45) is 0. The average Bonchev–Trinajstić information content (AvgIpc) is 3.16. The van der Waals surface area contributed by atoms with Crippen molar-refractivity contribution in [1.82, 2.24) is 5.16 Å². The average molecular weight is 403 g/mol. The van der Waals surface area contributed by atoms with E-state index < -0.39 is 0 Å². The first-order valence-electron chi connectivity index (χ1n) is 8.33. The van der Waals surface area contributed by atoms with E-state index in [-0.39, 0.29) is 11.2 Å². The summed E-state index contributed by atoms with van der Waals surface area (Å²) in [5.41, 5.74) is 2.42. The summed E-state index contributed by atoms with van der Waals surface area (Å²) in [7, 11) is 1.61. The second-order valence-electron chi connectivity index (χ2n) is 5.86. The van der Waals surface area contributed by atoms with E-state index in [1.807, 2.05) is 49.4 Å². The van der Waals surface area contributed by atoms with Crippen molar-refractivity contribution in [1.29, 1.82) is 0 Å². The van der Waals surface area contributed by atoms with Crippen LogP contribution in [0.4, 0.5) is 5.69 Å². The summed E-state index contributed by atoms with van der Waals surface area (Å²) >= 11 is 7.38. The van der Waals surface area contributed by atoms with Gasteiger partial charge in [0.05, 0.1) is 18.1 Å². The molecule has 2 aromatic carbocycles. The minimum Gasteiger partial charge on any atom is -0.497 e. The van der Waals surface area contributed by atoms with Crippen molar-refractivity contribution in [3.8, 4) is 17.0 Å². The van der Waals surface area contributed by atoms with Crippen molar-refractivity contribution in [2.24, 2.45) is 0 Å². The number of hydrogen-bond acceptors (Lipinski definition) is 5. The zero-order valence-corrected chi connectivity index (χ0v) is 16.5. The van der Waals surface area contributed by atoms with E-state index in [2.05, 4.69) is 10.5 Å². The molecule has 27 heavy (non-hydrogen) atoms. The molecule has 140 valence electrons. The first-order chi connectivity index (χ1) is 13.0. The summed E-state index contributed by atoms with van der Waals surface area (Å²) in [5.74, 6) is 1.95. The molecule has 5 nitrogen and oxygen atoms in total. The van der Waals surface area contributed by atoms with Gasteiger partial charge in [0.1, 0.15) is 17.2 Å². The van der Waals surface area contributed by atoms with Crippen molar-refractivity contribution in [3.63, 3.8) is 0 Å². The number of hydrogen-bond donors (Lipinski definition) is 1. The maximum Gasteiger partial charge on any atom is 0.237 e. The second-order valence-corrected chi connectivity index (χ2v) is 7.62. The molecule has 0 spiro atoms. The Labute approximate surface area is 167 Å². The van der Waals surface area contributed by atoms with Crippen molar-refractivity contribution in [2.45, 2.75) is 17.9 Å². The van der Waals surface area contributed by atoms with E-state index in [1.165, 1.54) is 11.8 Å². The Morgan fingerprint density at radius 2 is 1.93 bits per heavy atom. The van der Waals surface area contributed by atoms with E-state index in [0.29, 0.717) is 16.5 Å². The van der Waals surface area contributed by atoms with Crippen molar-refractivity contribution < 1.29 is 14.1 Å². The largest absolute Gasteiger partial charge is 0.497 e. The zero-order chi connectivity index (χ0) is 19.2. The van der Waals surface area contributed by atoms with Gasteiger partial charge in [0.15, 0.2) is 0 Å². The Balaban J connectivity index is 1.53. The Bertz CT molecular complexity index is 894. The fourth-order valence-corrected chi connectivity index (χ4v) is 3.23. The molecule has 1 N–H and O–H groups in total. The van der Waals surface area contributed by atoms with Gasteiger partial charge in [0.2, 0.25) is 5.91 Å².